The van der Waals surface area contributed by atoms with Crippen LogP contribution >= 0.6 is 0 Å². The molecular weight excluding hydrogens is 338 g/mol. The van der Waals surface area contributed by atoms with Crippen molar-refractivity contribution >= 4 is 26.9 Å². The first-order valence-corrected chi connectivity index (χ1v) is 10.6. The number of fused-ring (bicyclic) bond motifs is 1. The molecule has 8 heteroatoms. The van der Waals surface area contributed by atoms with E-state index in [1.807, 2.05) is 12.3 Å². The Morgan fingerprint density at radius 3 is 2.80 bits per heavy atom. The summed E-state index contributed by atoms with van der Waals surface area (Å²) in [7, 11) is -1.46. The van der Waals surface area contributed by atoms with Gasteiger partial charge in [0.05, 0.1) is 10.6 Å². The molecule has 1 aliphatic carbocycles. The molecule has 1 aliphatic heterocycles. The first kappa shape index (κ1) is 16.8. The number of H-pyrrole nitrogens is 1. The molecule has 0 spiro atoms. The summed E-state index contributed by atoms with van der Waals surface area (Å²) in [6.45, 7) is 1.49. The second-order valence-corrected chi connectivity index (χ2v) is 9.42. The highest BCUT2D eigenvalue weighted by atomic mass is 32.2. The lowest BCUT2D eigenvalue weighted by Crippen LogP contribution is -2.44. The largest absolute Gasteiger partial charge is 0.354 e. The number of anilines is 1. The Balaban J connectivity index is 1.51. The third-order valence-corrected chi connectivity index (χ3v) is 8.10. The molecule has 1 N–H and O–H groups in total. The van der Waals surface area contributed by atoms with Crippen LogP contribution < -0.4 is 4.90 Å². The standard InChI is InChI=1S/C17H25N5O2S/c1-21(25(23,24)14-5-3-2-4-6-14)13-8-10-22(11-13)17-15-7-9-18-16(15)19-12-20-17/h7,9,12-14H,2-6,8,10-11H2,1H3,(H,18,19,20)/t13-/m1/s1. The maximum absolute atomic E-state index is 13.0. The highest BCUT2D eigenvalue weighted by molar-refractivity contribution is 7.89. The summed E-state index contributed by atoms with van der Waals surface area (Å²) in [5, 5.41) is 0.789. The molecule has 136 valence electrons. The molecule has 7 nitrogen and oxygen atoms in total. The van der Waals surface area contributed by atoms with Gasteiger partial charge in [-0.1, -0.05) is 19.3 Å². The lowest BCUT2D eigenvalue weighted by atomic mass is 10.0. The Bertz CT molecular complexity index is 844. The van der Waals surface area contributed by atoms with Gasteiger partial charge in [-0.2, -0.15) is 4.31 Å². The van der Waals surface area contributed by atoms with Gasteiger partial charge in [-0.3, -0.25) is 0 Å². The van der Waals surface area contributed by atoms with E-state index in [1.165, 1.54) is 0 Å². The average Bonchev–Trinajstić information content (AvgIpc) is 3.31. The maximum Gasteiger partial charge on any atom is 0.217 e. The van der Waals surface area contributed by atoms with E-state index in [0.29, 0.717) is 6.54 Å². The Kier molecular flexibility index (Phi) is 4.41. The second-order valence-electron chi connectivity index (χ2n) is 7.15. The van der Waals surface area contributed by atoms with Crippen molar-refractivity contribution in [1.82, 2.24) is 19.3 Å². The molecule has 4 rings (SSSR count). The van der Waals surface area contributed by atoms with Gasteiger partial charge in [-0.25, -0.2) is 18.4 Å². The summed E-state index contributed by atoms with van der Waals surface area (Å²) in [6, 6.07) is 1.98. The minimum absolute atomic E-state index is 0.0101. The van der Waals surface area contributed by atoms with Crippen LogP contribution in [-0.4, -0.2) is 59.1 Å². The first-order valence-electron chi connectivity index (χ1n) is 9.07. The molecule has 2 aromatic rings. The molecule has 2 fully saturated rings. The zero-order chi connectivity index (χ0) is 17.4. The maximum atomic E-state index is 13.0. The van der Waals surface area contributed by atoms with Gasteiger partial charge in [0.1, 0.15) is 17.8 Å². The van der Waals surface area contributed by atoms with E-state index < -0.39 is 10.0 Å². The van der Waals surface area contributed by atoms with Crippen molar-refractivity contribution in [3.05, 3.63) is 18.6 Å². The summed E-state index contributed by atoms with van der Waals surface area (Å²) >= 11 is 0. The minimum Gasteiger partial charge on any atom is -0.354 e. The zero-order valence-electron chi connectivity index (χ0n) is 14.6. The van der Waals surface area contributed by atoms with Gasteiger partial charge in [0.2, 0.25) is 10.0 Å². The van der Waals surface area contributed by atoms with Gasteiger partial charge < -0.3 is 9.88 Å². The number of aromatic nitrogens is 3. The molecule has 0 unspecified atom stereocenters. The predicted octanol–water partition coefficient (Wildman–Crippen LogP) is 2.13. The lowest BCUT2D eigenvalue weighted by molar-refractivity contribution is 0.370. The van der Waals surface area contributed by atoms with E-state index in [4.69, 9.17) is 0 Å². The fourth-order valence-electron chi connectivity index (χ4n) is 4.15. The van der Waals surface area contributed by atoms with Crippen molar-refractivity contribution in [2.75, 3.05) is 25.0 Å². The fourth-order valence-corrected chi connectivity index (χ4v) is 6.13. The molecule has 3 heterocycles. The van der Waals surface area contributed by atoms with Crippen LogP contribution in [0.25, 0.3) is 11.0 Å². The van der Waals surface area contributed by atoms with Crippen molar-refractivity contribution in [2.45, 2.75) is 49.8 Å². The van der Waals surface area contributed by atoms with Gasteiger partial charge in [-0.15, -0.1) is 0 Å². The molecule has 2 aromatic heterocycles. The van der Waals surface area contributed by atoms with Gasteiger partial charge in [0.15, 0.2) is 0 Å². The van der Waals surface area contributed by atoms with Crippen molar-refractivity contribution in [3.8, 4) is 0 Å². The van der Waals surface area contributed by atoms with Gasteiger partial charge in [0.25, 0.3) is 0 Å². The summed E-state index contributed by atoms with van der Waals surface area (Å²) in [6.07, 6.45) is 9.07. The molecular formula is C17H25N5O2S. The number of nitrogens with one attached hydrogen (secondary N) is 1. The number of likely N-dealkylation sites (N-methyl/N-ethyl adjacent to an activating group) is 1. The molecule has 0 bridgehead atoms. The van der Waals surface area contributed by atoms with Crippen LogP contribution in [-0.2, 0) is 10.0 Å². The number of rotatable bonds is 4. The van der Waals surface area contributed by atoms with Crippen LogP contribution in [0.4, 0.5) is 5.82 Å². The predicted molar refractivity (Wildman–Crippen MR) is 98.1 cm³/mol. The highest BCUT2D eigenvalue weighted by Crippen LogP contribution is 2.30. The van der Waals surface area contributed by atoms with E-state index in [0.717, 1.165) is 61.9 Å². The van der Waals surface area contributed by atoms with Crippen LogP contribution in [0.3, 0.4) is 0 Å². The van der Waals surface area contributed by atoms with E-state index in [2.05, 4.69) is 19.9 Å². The minimum atomic E-state index is -3.22. The highest BCUT2D eigenvalue weighted by Gasteiger charge is 2.37. The first-order chi connectivity index (χ1) is 12.1. The molecule has 1 saturated carbocycles. The molecule has 0 amide bonds. The molecule has 1 atom stereocenters. The van der Waals surface area contributed by atoms with Crippen LogP contribution in [0, 0.1) is 0 Å². The topological polar surface area (TPSA) is 82.2 Å². The van der Waals surface area contributed by atoms with E-state index >= 15 is 0 Å². The third kappa shape index (κ3) is 3.01. The molecule has 25 heavy (non-hydrogen) atoms. The SMILES string of the molecule is CN([C@@H]1CCN(c2ncnc3[nH]ccc23)C1)S(=O)(=O)C1CCCCC1. The van der Waals surface area contributed by atoms with Crippen LogP contribution in [0.15, 0.2) is 18.6 Å². The van der Waals surface area contributed by atoms with E-state index in [-0.39, 0.29) is 11.3 Å². The van der Waals surface area contributed by atoms with E-state index in [9.17, 15) is 8.42 Å². The quantitative estimate of drug-likeness (QED) is 0.900. The number of hydrogen-bond acceptors (Lipinski definition) is 5. The summed E-state index contributed by atoms with van der Waals surface area (Å²) in [5.41, 5.74) is 0.816. The molecule has 2 aliphatic rings. The Hall–Kier alpha value is -1.67. The number of sulfonamides is 1. The Labute approximate surface area is 148 Å². The monoisotopic (exact) mass is 363 g/mol. The summed E-state index contributed by atoms with van der Waals surface area (Å²) in [5.74, 6) is 0.886. The third-order valence-electron chi connectivity index (χ3n) is 5.68. The number of nitrogens with zero attached hydrogens (tertiary/aromatic N) is 4. The van der Waals surface area contributed by atoms with Crippen molar-refractivity contribution in [2.24, 2.45) is 0 Å². The van der Waals surface area contributed by atoms with Crippen molar-refractivity contribution < 1.29 is 8.42 Å². The van der Waals surface area contributed by atoms with Gasteiger partial charge in [0, 0.05) is 32.4 Å². The van der Waals surface area contributed by atoms with Gasteiger partial charge >= 0.3 is 0 Å². The average molecular weight is 363 g/mol. The zero-order valence-corrected chi connectivity index (χ0v) is 15.4. The smallest absolute Gasteiger partial charge is 0.217 e. The second kappa shape index (κ2) is 6.57. The molecule has 0 aromatic carbocycles. The number of aromatic amines is 1. The van der Waals surface area contributed by atoms with Crippen molar-refractivity contribution in [1.29, 1.82) is 0 Å². The van der Waals surface area contributed by atoms with Gasteiger partial charge in [-0.05, 0) is 25.3 Å². The summed E-state index contributed by atoms with van der Waals surface area (Å²) in [4.78, 5) is 13.9. The molecule has 1 saturated heterocycles. The summed E-state index contributed by atoms with van der Waals surface area (Å²) < 4.78 is 27.6. The normalized spacial score (nSPS) is 23.0. The molecule has 0 radical (unpaired) electrons. The van der Waals surface area contributed by atoms with Crippen molar-refractivity contribution in [3.63, 3.8) is 0 Å². The van der Waals surface area contributed by atoms with Crippen LogP contribution in [0.1, 0.15) is 38.5 Å². The van der Waals surface area contributed by atoms with Crippen LogP contribution in [0.5, 0.6) is 0 Å². The number of hydrogen-bond donors (Lipinski definition) is 1. The van der Waals surface area contributed by atoms with E-state index in [1.54, 1.807) is 17.7 Å². The van der Waals surface area contributed by atoms with Crippen LogP contribution in [0.2, 0.25) is 0 Å². The Morgan fingerprint density at radius 1 is 1.20 bits per heavy atom. The fraction of sp³-hybridized carbons (Fsp3) is 0.647. The lowest BCUT2D eigenvalue weighted by Gasteiger charge is -2.30. The Morgan fingerprint density at radius 2 is 2.00 bits per heavy atom.